The van der Waals surface area contributed by atoms with Crippen molar-refractivity contribution in [1.82, 2.24) is 5.32 Å². The fraction of sp³-hybridized carbons (Fsp3) is 0.417. The van der Waals surface area contributed by atoms with Gasteiger partial charge in [0.2, 0.25) is 10.0 Å². The summed E-state index contributed by atoms with van der Waals surface area (Å²) < 4.78 is 30.5. The van der Waals surface area contributed by atoms with E-state index in [0.29, 0.717) is 23.0 Å². The number of carbonyl (C=O) groups is 1. The Balaban J connectivity index is 2.42. The van der Waals surface area contributed by atoms with E-state index in [2.05, 4.69) is 5.32 Å². The first-order valence-electron chi connectivity index (χ1n) is 6.04. The van der Waals surface area contributed by atoms with E-state index < -0.39 is 16.1 Å². The second kappa shape index (κ2) is 5.49. The molecule has 1 heterocycles. The highest BCUT2D eigenvalue weighted by Crippen LogP contribution is 2.36. The Kier molecular flexibility index (Phi) is 4.10. The lowest BCUT2D eigenvalue weighted by atomic mass is 10.2. The van der Waals surface area contributed by atoms with Gasteiger partial charge in [-0.05, 0) is 25.1 Å². The van der Waals surface area contributed by atoms with E-state index in [9.17, 15) is 13.2 Å². The van der Waals surface area contributed by atoms with Gasteiger partial charge in [-0.2, -0.15) is 0 Å². The van der Waals surface area contributed by atoms with Crippen LogP contribution >= 0.6 is 11.6 Å². The molecule has 0 bridgehead atoms. The number of anilines is 1. The number of rotatable bonds is 3. The first kappa shape index (κ1) is 14.9. The molecule has 0 fully saturated rings. The second-order valence-electron chi connectivity index (χ2n) is 4.41. The first-order chi connectivity index (χ1) is 9.32. The van der Waals surface area contributed by atoms with E-state index in [0.717, 1.165) is 10.6 Å². The number of hydrogen-bond acceptors (Lipinski definition) is 4. The molecule has 20 heavy (non-hydrogen) atoms. The van der Waals surface area contributed by atoms with Gasteiger partial charge >= 0.3 is 0 Å². The Morgan fingerprint density at radius 1 is 1.55 bits per heavy atom. The van der Waals surface area contributed by atoms with E-state index in [4.69, 9.17) is 16.3 Å². The van der Waals surface area contributed by atoms with Crippen molar-refractivity contribution in [2.75, 3.05) is 23.7 Å². The van der Waals surface area contributed by atoms with Gasteiger partial charge in [-0.1, -0.05) is 11.6 Å². The Morgan fingerprint density at radius 3 is 2.85 bits per heavy atom. The number of nitrogens with zero attached hydrogens (tertiary/aromatic N) is 1. The topological polar surface area (TPSA) is 75.7 Å². The summed E-state index contributed by atoms with van der Waals surface area (Å²) in [4.78, 5) is 11.9. The second-order valence-corrected chi connectivity index (χ2v) is 6.75. The first-order valence-corrected chi connectivity index (χ1v) is 8.27. The highest BCUT2D eigenvalue weighted by atomic mass is 35.5. The molecule has 1 aromatic rings. The van der Waals surface area contributed by atoms with Crippen molar-refractivity contribution in [3.63, 3.8) is 0 Å². The van der Waals surface area contributed by atoms with Gasteiger partial charge in [0, 0.05) is 11.6 Å². The largest absolute Gasteiger partial charge is 0.476 e. The van der Waals surface area contributed by atoms with E-state index in [1.165, 1.54) is 6.07 Å². The third-order valence-electron chi connectivity index (χ3n) is 2.83. The molecule has 8 heteroatoms. The average molecular weight is 319 g/mol. The van der Waals surface area contributed by atoms with E-state index in [1.54, 1.807) is 19.1 Å². The maximum atomic E-state index is 11.9. The quantitative estimate of drug-likeness (QED) is 0.902. The molecule has 1 aromatic carbocycles. The van der Waals surface area contributed by atoms with E-state index in [-0.39, 0.29) is 12.5 Å². The van der Waals surface area contributed by atoms with Crippen LogP contribution in [0, 0.1) is 0 Å². The number of benzene rings is 1. The number of halogens is 1. The fourth-order valence-corrected chi connectivity index (χ4v) is 3.04. The third-order valence-corrected chi connectivity index (χ3v) is 4.22. The number of likely N-dealkylation sites (N-methyl/N-ethyl adjacent to an activating group) is 1. The molecule has 0 aliphatic carbocycles. The monoisotopic (exact) mass is 318 g/mol. The van der Waals surface area contributed by atoms with Crippen molar-refractivity contribution >= 4 is 33.2 Å². The predicted molar refractivity (Wildman–Crippen MR) is 76.7 cm³/mol. The molecule has 0 radical (unpaired) electrons. The minimum absolute atomic E-state index is 0.0714. The summed E-state index contributed by atoms with van der Waals surface area (Å²) in [6, 6.07) is 4.65. The van der Waals surface area contributed by atoms with E-state index in [1.807, 2.05) is 0 Å². The van der Waals surface area contributed by atoms with Gasteiger partial charge in [-0.15, -0.1) is 0 Å². The molecule has 0 saturated carbocycles. The van der Waals surface area contributed by atoms with Crippen LogP contribution in [0.2, 0.25) is 5.02 Å². The number of amides is 1. The zero-order chi connectivity index (χ0) is 14.9. The van der Waals surface area contributed by atoms with Gasteiger partial charge in [0.15, 0.2) is 6.10 Å². The summed E-state index contributed by atoms with van der Waals surface area (Å²) in [7, 11) is -3.52. The fourth-order valence-electron chi connectivity index (χ4n) is 1.96. The molecule has 1 amide bonds. The van der Waals surface area contributed by atoms with Crippen LogP contribution in [0.5, 0.6) is 5.75 Å². The van der Waals surface area contributed by atoms with Crippen LogP contribution in [0.15, 0.2) is 18.2 Å². The van der Waals surface area contributed by atoms with Gasteiger partial charge in [0.05, 0.1) is 18.5 Å². The Bertz CT molecular complexity index is 632. The molecule has 1 N–H and O–H groups in total. The molecule has 1 aliphatic rings. The molecule has 0 spiro atoms. The van der Waals surface area contributed by atoms with Crippen molar-refractivity contribution in [3.05, 3.63) is 23.2 Å². The summed E-state index contributed by atoms with van der Waals surface area (Å²) >= 11 is 5.88. The number of hydrogen-bond donors (Lipinski definition) is 1. The summed E-state index contributed by atoms with van der Waals surface area (Å²) in [6.07, 6.45) is 0.205. The minimum Gasteiger partial charge on any atom is -0.476 e. The number of nitrogens with one attached hydrogen (secondary N) is 1. The summed E-state index contributed by atoms with van der Waals surface area (Å²) in [5, 5.41) is 3.02. The Hall–Kier alpha value is -1.47. The normalized spacial score (nSPS) is 18.1. The van der Waals surface area contributed by atoms with Crippen molar-refractivity contribution in [3.8, 4) is 5.75 Å². The molecular formula is C12H15ClN2O4S. The Labute approximate surface area is 122 Å². The van der Waals surface area contributed by atoms with Crippen LogP contribution in [-0.4, -0.2) is 39.8 Å². The highest BCUT2D eigenvalue weighted by molar-refractivity contribution is 7.92. The zero-order valence-electron chi connectivity index (χ0n) is 11.1. The van der Waals surface area contributed by atoms with Crippen LogP contribution in [0.1, 0.15) is 6.92 Å². The lowest BCUT2D eigenvalue weighted by Crippen LogP contribution is -2.50. The third kappa shape index (κ3) is 2.99. The van der Waals surface area contributed by atoms with E-state index >= 15 is 0 Å². The molecule has 110 valence electrons. The van der Waals surface area contributed by atoms with Crippen LogP contribution in [-0.2, 0) is 14.8 Å². The summed E-state index contributed by atoms with van der Waals surface area (Å²) in [5.74, 6) is -0.0240. The molecular weight excluding hydrogens is 304 g/mol. The maximum absolute atomic E-state index is 11.9. The van der Waals surface area contributed by atoms with Gasteiger partial charge in [0.1, 0.15) is 5.75 Å². The molecule has 2 rings (SSSR count). The van der Waals surface area contributed by atoms with Crippen LogP contribution in [0.3, 0.4) is 0 Å². The summed E-state index contributed by atoms with van der Waals surface area (Å²) in [5.41, 5.74) is 0.348. The maximum Gasteiger partial charge on any atom is 0.262 e. The molecule has 0 unspecified atom stereocenters. The molecule has 0 aromatic heterocycles. The van der Waals surface area contributed by atoms with Crippen LogP contribution in [0.4, 0.5) is 5.69 Å². The molecule has 0 saturated heterocycles. The molecule has 1 aliphatic heterocycles. The van der Waals surface area contributed by atoms with Gasteiger partial charge in [0.25, 0.3) is 5.91 Å². The average Bonchev–Trinajstić information content (AvgIpc) is 2.36. The van der Waals surface area contributed by atoms with Gasteiger partial charge in [-0.3, -0.25) is 9.10 Å². The van der Waals surface area contributed by atoms with Gasteiger partial charge in [-0.25, -0.2) is 8.42 Å². The Morgan fingerprint density at radius 2 is 2.25 bits per heavy atom. The van der Waals surface area contributed by atoms with Crippen molar-refractivity contribution in [1.29, 1.82) is 0 Å². The number of sulfonamides is 1. The standard InChI is InChI=1S/C12H15ClN2O4S/c1-3-14-12(16)11-7-15(20(2,17)18)9-6-8(13)4-5-10(9)19-11/h4-6,11H,3,7H2,1-2H3,(H,14,16)/t11-/m0/s1. The lowest BCUT2D eigenvalue weighted by Gasteiger charge is -2.33. The lowest BCUT2D eigenvalue weighted by molar-refractivity contribution is -0.127. The smallest absolute Gasteiger partial charge is 0.262 e. The van der Waals surface area contributed by atoms with Crippen LogP contribution < -0.4 is 14.4 Å². The minimum atomic E-state index is -3.52. The predicted octanol–water partition coefficient (Wildman–Crippen LogP) is 1.00. The SMILES string of the molecule is CCNC(=O)[C@@H]1CN(S(C)(=O)=O)c2cc(Cl)ccc2O1. The number of ether oxygens (including phenoxy) is 1. The zero-order valence-corrected chi connectivity index (χ0v) is 12.7. The van der Waals surface area contributed by atoms with Crippen molar-refractivity contribution in [2.45, 2.75) is 13.0 Å². The van der Waals surface area contributed by atoms with Crippen molar-refractivity contribution < 1.29 is 17.9 Å². The van der Waals surface area contributed by atoms with Gasteiger partial charge < -0.3 is 10.1 Å². The highest BCUT2D eigenvalue weighted by Gasteiger charge is 2.34. The van der Waals surface area contributed by atoms with Crippen molar-refractivity contribution in [2.24, 2.45) is 0 Å². The molecule has 6 nitrogen and oxygen atoms in total. The summed E-state index contributed by atoms with van der Waals surface area (Å²) in [6.45, 7) is 2.16. The molecule has 1 atom stereocenters. The van der Waals surface area contributed by atoms with Crippen LogP contribution in [0.25, 0.3) is 0 Å². The number of carbonyl (C=O) groups excluding carboxylic acids is 1. The number of fused-ring (bicyclic) bond motifs is 1.